The van der Waals surface area contributed by atoms with E-state index in [4.69, 9.17) is 0 Å². The third kappa shape index (κ3) is 2.13. The van der Waals surface area contributed by atoms with Crippen LogP contribution in [0.25, 0.3) is 0 Å². The molecule has 0 amide bonds. The summed E-state index contributed by atoms with van der Waals surface area (Å²) in [7, 11) is -2.62. The van der Waals surface area contributed by atoms with Gasteiger partial charge in [0, 0.05) is 6.42 Å². The first-order valence-corrected chi connectivity index (χ1v) is 7.13. The SMILES string of the molecule is O=S(c1nc2n(n1)C(c1ccccc1)CC2F)C(F)F. The number of aromatic nitrogens is 3. The molecule has 1 aromatic carbocycles. The predicted molar refractivity (Wildman–Crippen MR) is 65.5 cm³/mol. The van der Waals surface area contributed by atoms with Crippen molar-refractivity contribution in [2.45, 2.75) is 29.5 Å². The van der Waals surface area contributed by atoms with Crippen molar-refractivity contribution in [1.29, 1.82) is 0 Å². The summed E-state index contributed by atoms with van der Waals surface area (Å²) in [5.74, 6) is -3.12. The summed E-state index contributed by atoms with van der Waals surface area (Å²) >= 11 is 0. The average molecular weight is 301 g/mol. The van der Waals surface area contributed by atoms with Crippen molar-refractivity contribution >= 4 is 10.8 Å². The lowest BCUT2D eigenvalue weighted by Crippen LogP contribution is -2.10. The Hall–Kier alpha value is -1.70. The van der Waals surface area contributed by atoms with Crippen LogP contribution in [0, 0.1) is 0 Å². The summed E-state index contributed by atoms with van der Waals surface area (Å²) in [5, 5.41) is 3.29. The van der Waals surface area contributed by atoms with Crippen LogP contribution < -0.4 is 0 Å². The van der Waals surface area contributed by atoms with E-state index in [2.05, 4.69) is 10.1 Å². The summed E-state index contributed by atoms with van der Waals surface area (Å²) in [6.07, 6.45) is -1.24. The van der Waals surface area contributed by atoms with Gasteiger partial charge in [-0.05, 0) is 5.56 Å². The summed E-state index contributed by atoms with van der Waals surface area (Å²) in [5.41, 5.74) is 0.813. The molecule has 20 heavy (non-hydrogen) atoms. The molecule has 0 N–H and O–H groups in total. The van der Waals surface area contributed by atoms with E-state index < -0.39 is 33.9 Å². The molecular formula is C12H10F3N3OS. The second kappa shape index (κ2) is 5.01. The summed E-state index contributed by atoms with van der Waals surface area (Å²) in [4.78, 5) is 3.67. The molecule has 2 aromatic rings. The molecule has 0 aliphatic carbocycles. The summed E-state index contributed by atoms with van der Waals surface area (Å²) in [6.45, 7) is 0. The van der Waals surface area contributed by atoms with Crippen LogP contribution in [-0.4, -0.2) is 24.7 Å². The van der Waals surface area contributed by atoms with Crippen molar-refractivity contribution in [3.8, 4) is 0 Å². The van der Waals surface area contributed by atoms with Crippen LogP contribution in [0.1, 0.15) is 30.0 Å². The number of hydrogen-bond donors (Lipinski definition) is 0. The van der Waals surface area contributed by atoms with E-state index in [1.807, 2.05) is 6.07 Å². The first-order valence-electron chi connectivity index (χ1n) is 5.92. The fourth-order valence-corrected chi connectivity index (χ4v) is 2.79. The molecule has 3 rings (SSSR count). The molecule has 2 heterocycles. The summed E-state index contributed by atoms with van der Waals surface area (Å²) < 4.78 is 51.3. The number of hydrogen-bond acceptors (Lipinski definition) is 3. The highest BCUT2D eigenvalue weighted by molar-refractivity contribution is 7.85. The molecule has 4 nitrogen and oxygen atoms in total. The van der Waals surface area contributed by atoms with Crippen molar-refractivity contribution in [2.24, 2.45) is 0 Å². The fourth-order valence-electron chi connectivity index (χ4n) is 2.28. The second-order valence-electron chi connectivity index (χ2n) is 4.38. The first-order chi connectivity index (χ1) is 9.58. The Morgan fingerprint density at radius 1 is 1.30 bits per heavy atom. The Morgan fingerprint density at radius 3 is 2.65 bits per heavy atom. The van der Waals surface area contributed by atoms with E-state index in [0.29, 0.717) is 0 Å². The molecule has 1 aliphatic heterocycles. The molecule has 3 atom stereocenters. The topological polar surface area (TPSA) is 47.8 Å². The van der Waals surface area contributed by atoms with E-state index >= 15 is 0 Å². The van der Waals surface area contributed by atoms with Gasteiger partial charge in [-0.3, -0.25) is 0 Å². The zero-order valence-corrected chi connectivity index (χ0v) is 10.9. The lowest BCUT2D eigenvalue weighted by molar-refractivity contribution is 0.243. The second-order valence-corrected chi connectivity index (χ2v) is 5.70. The van der Waals surface area contributed by atoms with Crippen LogP contribution in [-0.2, 0) is 10.8 Å². The van der Waals surface area contributed by atoms with Crippen LogP contribution >= 0.6 is 0 Å². The lowest BCUT2D eigenvalue weighted by atomic mass is 10.0. The van der Waals surface area contributed by atoms with Crippen molar-refractivity contribution in [2.75, 3.05) is 0 Å². The van der Waals surface area contributed by atoms with Gasteiger partial charge in [0.15, 0.2) is 22.8 Å². The van der Waals surface area contributed by atoms with Crippen molar-refractivity contribution in [1.82, 2.24) is 14.8 Å². The lowest BCUT2D eigenvalue weighted by Gasteiger charge is -2.11. The highest BCUT2D eigenvalue weighted by atomic mass is 32.2. The van der Waals surface area contributed by atoms with Crippen LogP contribution in [0.5, 0.6) is 0 Å². The zero-order valence-electron chi connectivity index (χ0n) is 10.1. The maximum Gasteiger partial charge on any atom is 0.319 e. The molecular weight excluding hydrogens is 291 g/mol. The smallest absolute Gasteiger partial charge is 0.245 e. The highest BCUT2D eigenvalue weighted by Crippen LogP contribution is 2.39. The van der Waals surface area contributed by atoms with Gasteiger partial charge < -0.3 is 0 Å². The number of rotatable bonds is 3. The maximum atomic E-state index is 13.9. The molecule has 0 radical (unpaired) electrons. The molecule has 0 fully saturated rings. The Labute approximate surface area is 115 Å². The Balaban J connectivity index is 2.00. The number of halogens is 3. The fraction of sp³-hybridized carbons (Fsp3) is 0.333. The number of nitrogens with zero attached hydrogens (tertiary/aromatic N) is 3. The number of benzene rings is 1. The van der Waals surface area contributed by atoms with Gasteiger partial charge in [0.25, 0.3) is 0 Å². The molecule has 0 saturated heterocycles. The van der Waals surface area contributed by atoms with Gasteiger partial charge in [-0.2, -0.15) is 8.78 Å². The van der Waals surface area contributed by atoms with Gasteiger partial charge in [0.05, 0.1) is 6.04 Å². The molecule has 0 saturated carbocycles. The van der Waals surface area contributed by atoms with E-state index in [0.717, 1.165) is 5.56 Å². The van der Waals surface area contributed by atoms with E-state index in [1.165, 1.54) is 4.68 Å². The van der Waals surface area contributed by atoms with E-state index in [-0.39, 0.29) is 12.2 Å². The standard InChI is InChI=1S/C12H10F3N3OS/c13-8-6-9(7-4-2-1-3-5-7)18-10(8)16-12(17-18)20(19)11(14)15/h1-5,8-9,11H,6H2. The Morgan fingerprint density at radius 2 is 2.00 bits per heavy atom. The highest BCUT2D eigenvalue weighted by Gasteiger charge is 2.37. The molecule has 8 heteroatoms. The largest absolute Gasteiger partial charge is 0.319 e. The zero-order chi connectivity index (χ0) is 14.3. The quantitative estimate of drug-likeness (QED) is 0.875. The van der Waals surface area contributed by atoms with Crippen LogP contribution in [0.3, 0.4) is 0 Å². The molecule has 3 unspecified atom stereocenters. The molecule has 0 bridgehead atoms. The van der Waals surface area contributed by atoms with Crippen LogP contribution in [0.15, 0.2) is 35.5 Å². The molecule has 1 aromatic heterocycles. The average Bonchev–Trinajstić information content (AvgIpc) is 3.00. The number of alkyl halides is 3. The van der Waals surface area contributed by atoms with E-state index in [1.54, 1.807) is 24.3 Å². The van der Waals surface area contributed by atoms with E-state index in [9.17, 15) is 17.4 Å². The minimum Gasteiger partial charge on any atom is -0.245 e. The number of fused-ring (bicyclic) bond motifs is 1. The van der Waals surface area contributed by atoms with Gasteiger partial charge >= 0.3 is 5.76 Å². The first kappa shape index (κ1) is 13.3. The third-order valence-electron chi connectivity index (χ3n) is 3.17. The molecule has 1 aliphatic rings. The molecule has 0 spiro atoms. The maximum absolute atomic E-state index is 13.9. The van der Waals surface area contributed by atoms with Gasteiger partial charge in [0.2, 0.25) is 5.16 Å². The van der Waals surface area contributed by atoms with Gasteiger partial charge in [-0.15, -0.1) is 5.10 Å². The normalized spacial score (nSPS) is 23.0. The van der Waals surface area contributed by atoms with Crippen molar-refractivity contribution in [3.05, 3.63) is 41.7 Å². The van der Waals surface area contributed by atoms with Crippen molar-refractivity contribution in [3.63, 3.8) is 0 Å². The van der Waals surface area contributed by atoms with Gasteiger partial charge in [0.1, 0.15) is 0 Å². The van der Waals surface area contributed by atoms with Gasteiger partial charge in [-0.25, -0.2) is 18.3 Å². The minimum absolute atomic E-state index is 0.0390. The summed E-state index contributed by atoms with van der Waals surface area (Å²) in [6, 6.07) is 8.63. The molecule has 106 valence electrons. The van der Waals surface area contributed by atoms with Crippen LogP contribution in [0.2, 0.25) is 0 Å². The van der Waals surface area contributed by atoms with Crippen LogP contribution in [0.4, 0.5) is 13.2 Å². The monoisotopic (exact) mass is 301 g/mol. The van der Waals surface area contributed by atoms with Gasteiger partial charge in [-0.1, -0.05) is 30.3 Å². The predicted octanol–water partition coefficient (Wildman–Crippen LogP) is 2.61. The third-order valence-corrected chi connectivity index (χ3v) is 4.03. The minimum atomic E-state index is -3.08. The Bertz CT molecular complexity index is 647. The van der Waals surface area contributed by atoms with Crippen molar-refractivity contribution < 1.29 is 17.4 Å². The Kier molecular flexibility index (Phi) is 3.33.